The van der Waals surface area contributed by atoms with Gasteiger partial charge in [-0.1, -0.05) is 12.1 Å². The Bertz CT molecular complexity index is 1550. The van der Waals surface area contributed by atoms with Gasteiger partial charge >= 0.3 is 20.2 Å². The molecule has 3 aliphatic heterocycles. The van der Waals surface area contributed by atoms with Crippen LogP contribution in [0.5, 0.6) is 0 Å². The summed E-state index contributed by atoms with van der Waals surface area (Å²) in [6, 6.07) is 6.95. The van der Waals surface area contributed by atoms with Gasteiger partial charge in [0.1, 0.15) is 6.04 Å². The summed E-state index contributed by atoms with van der Waals surface area (Å²) in [7, 11) is -0.991. The van der Waals surface area contributed by atoms with Crippen LogP contribution in [0.3, 0.4) is 0 Å². The van der Waals surface area contributed by atoms with E-state index in [2.05, 4.69) is 10.6 Å². The number of amides is 5. The summed E-state index contributed by atoms with van der Waals surface area (Å²) < 4.78 is 10.4. The van der Waals surface area contributed by atoms with Crippen LogP contribution in [0.15, 0.2) is 36.4 Å². The zero-order chi connectivity index (χ0) is 32.4. The lowest BCUT2D eigenvalue weighted by molar-refractivity contribution is -0.197. The monoisotopic (exact) mass is 620 g/mol. The Balaban J connectivity index is 1.29. The summed E-state index contributed by atoms with van der Waals surface area (Å²) in [6.45, 7) is 1.70. The number of hydroxylamine groups is 2. The molecular formula is C28H30B2N4O11. The lowest BCUT2D eigenvalue weighted by Gasteiger charge is -2.29. The zero-order valence-electron chi connectivity index (χ0n) is 24.5. The highest BCUT2D eigenvalue weighted by molar-refractivity contribution is 6.62. The first kappa shape index (κ1) is 31.8. The molecule has 45 heavy (non-hydrogen) atoms. The molecular weight excluding hydrogens is 590 g/mol. The van der Waals surface area contributed by atoms with Crippen molar-refractivity contribution in [2.75, 3.05) is 13.6 Å². The normalized spacial score (nSPS) is 16.7. The zero-order valence-corrected chi connectivity index (χ0v) is 24.5. The molecule has 0 unspecified atom stereocenters. The summed E-state index contributed by atoms with van der Waals surface area (Å²) in [5.41, 5.74) is 2.63. The molecule has 3 heterocycles. The van der Waals surface area contributed by atoms with Crippen molar-refractivity contribution in [1.29, 1.82) is 0 Å². The number of benzene rings is 2. The lowest BCUT2D eigenvalue weighted by Crippen LogP contribution is -2.58. The van der Waals surface area contributed by atoms with Gasteiger partial charge in [0.25, 0.3) is 23.6 Å². The van der Waals surface area contributed by atoms with Crippen LogP contribution in [0, 0.1) is 0 Å². The van der Waals surface area contributed by atoms with Crippen molar-refractivity contribution < 1.29 is 53.0 Å². The number of fused-ring (bicyclic) bond motifs is 2. The first-order valence-electron chi connectivity index (χ1n) is 14.2. The molecule has 0 bridgehead atoms. The number of carbonyl (C=O) groups is 6. The number of nitrogens with one attached hydrogen (secondary N) is 2. The van der Waals surface area contributed by atoms with Crippen LogP contribution < -0.4 is 21.6 Å². The Morgan fingerprint density at radius 2 is 1.42 bits per heavy atom. The van der Waals surface area contributed by atoms with Crippen molar-refractivity contribution in [3.63, 3.8) is 0 Å². The fraction of sp³-hybridized carbons (Fsp3) is 0.357. The fourth-order valence-corrected chi connectivity index (χ4v) is 5.12. The largest absolute Gasteiger partial charge is 0.491 e. The van der Waals surface area contributed by atoms with E-state index in [1.165, 1.54) is 32.2 Å². The van der Waals surface area contributed by atoms with Gasteiger partial charge in [-0.15, -0.1) is 5.06 Å². The standard InChI is InChI=1S/C28H30B2N4O11/c1-15(31-26(38)16-3-5-18-13-43-29(41)20(18)11-16)25(32-27(39)17-4-6-19-14-44-30(42)21(19)12-17)28(40)33(2)10-9-24(37)45-34-22(35)7-8-23(34)36/h3-6,11-12,15,25,41-42H,7-10,13-14H2,1-2H3,(H,31,38)(H,32,39)/t15-,25-/m0/s1. The Morgan fingerprint density at radius 3 is 1.96 bits per heavy atom. The third-order valence-corrected chi connectivity index (χ3v) is 7.78. The van der Waals surface area contributed by atoms with Gasteiger partial charge in [-0.25, -0.2) is 4.79 Å². The summed E-state index contributed by atoms with van der Waals surface area (Å²) in [5.74, 6) is -4.11. The first-order chi connectivity index (χ1) is 21.4. The van der Waals surface area contributed by atoms with Crippen molar-refractivity contribution in [3.05, 3.63) is 58.7 Å². The molecule has 4 N–H and O–H groups in total. The van der Waals surface area contributed by atoms with E-state index in [9.17, 15) is 38.8 Å². The molecule has 3 aliphatic rings. The number of imide groups is 1. The van der Waals surface area contributed by atoms with Crippen LogP contribution in [0.4, 0.5) is 0 Å². The van der Waals surface area contributed by atoms with E-state index in [0.717, 1.165) is 10.5 Å². The highest BCUT2D eigenvalue weighted by atomic mass is 16.7. The smallest absolute Gasteiger partial charge is 0.423 e. The molecule has 17 heteroatoms. The van der Waals surface area contributed by atoms with E-state index in [1.807, 2.05) is 0 Å². The molecule has 5 amide bonds. The number of nitrogens with zero attached hydrogens (tertiary/aromatic N) is 2. The second-order valence-electron chi connectivity index (χ2n) is 10.9. The molecule has 0 aromatic heterocycles. The van der Waals surface area contributed by atoms with Crippen molar-refractivity contribution in [3.8, 4) is 0 Å². The third kappa shape index (κ3) is 6.91. The van der Waals surface area contributed by atoms with E-state index in [-0.39, 0.29) is 50.1 Å². The summed E-state index contributed by atoms with van der Waals surface area (Å²) >= 11 is 0. The van der Waals surface area contributed by atoms with Crippen molar-refractivity contribution in [2.24, 2.45) is 0 Å². The Labute approximate surface area is 258 Å². The maximum atomic E-state index is 13.6. The van der Waals surface area contributed by atoms with Crippen LogP contribution in [-0.2, 0) is 46.5 Å². The summed E-state index contributed by atoms with van der Waals surface area (Å²) in [5, 5.41) is 25.8. The van der Waals surface area contributed by atoms with Gasteiger partial charge in [-0.3, -0.25) is 24.0 Å². The van der Waals surface area contributed by atoms with E-state index in [4.69, 9.17) is 14.1 Å². The van der Waals surface area contributed by atoms with Crippen molar-refractivity contribution >= 4 is 60.7 Å². The maximum absolute atomic E-state index is 13.6. The second kappa shape index (κ2) is 13.2. The minimum absolute atomic E-state index is 0.0640. The quantitative estimate of drug-likeness (QED) is 0.162. The molecule has 1 saturated heterocycles. The summed E-state index contributed by atoms with van der Waals surface area (Å²) in [6.07, 6.45) is -0.500. The minimum Gasteiger partial charge on any atom is -0.423 e. The van der Waals surface area contributed by atoms with Gasteiger partial charge in [0.2, 0.25) is 5.91 Å². The number of rotatable bonds is 10. The van der Waals surface area contributed by atoms with Crippen LogP contribution >= 0.6 is 0 Å². The van der Waals surface area contributed by atoms with Gasteiger partial charge < -0.3 is 39.7 Å². The van der Waals surface area contributed by atoms with Gasteiger partial charge in [-0.2, -0.15) is 0 Å². The van der Waals surface area contributed by atoms with Crippen molar-refractivity contribution in [2.45, 2.75) is 51.5 Å². The molecule has 0 aliphatic carbocycles. The van der Waals surface area contributed by atoms with Gasteiger partial charge in [0, 0.05) is 37.6 Å². The molecule has 0 radical (unpaired) electrons. The number of carbonyl (C=O) groups excluding carboxylic acids is 6. The first-order valence-corrected chi connectivity index (χ1v) is 14.2. The fourth-order valence-electron chi connectivity index (χ4n) is 5.12. The van der Waals surface area contributed by atoms with E-state index in [1.54, 1.807) is 18.2 Å². The number of hydrogen-bond acceptors (Lipinski definition) is 11. The molecule has 0 saturated carbocycles. The van der Waals surface area contributed by atoms with Crippen LogP contribution in [0.25, 0.3) is 0 Å². The molecule has 234 valence electrons. The number of likely N-dealkylation sites (N-methyl/N-ethyl adjacent to an activating group) is 1. The molecule has 2 atom stereocenters. The van der Waals surface area contributed by atoms with Crippen molar-refractivity contribution in [1.82, 2.24) is 20.6 Å². The molecule has 0 spiro atoms. The molecule has 15 nitrogen and oxygen atoms in total. The van der Waals surface area contributed by atoms with E-state index in [0.29, 0.717) is 21.6 Å². The molecule has 2 aromatic carbocycles. The molecule has 2 aromatic rings. The Hall–Kier alpha value is -4.57. The number of hydrogen-bond donors (Lipinski definition) is 4. The average Bonchev–Trinajstić information content (AvgIpc) is 3.69. The highest BCUT2D eigenvalue weighted by Crippen LogP contribution is 2.15. The lowest BCUT2D eigenvalue weighted by atomic mass is 9.78. The van der Waals surface area contributed by atoms with E-state index < -0.39 is 61.8 Å². The van der Waals surface area contributed by atoms with Gasteiger partial charge in [0.05, 0.1) is 25.7 Å². The summed E-state index contributed by atoms with van der Waals surface area (Å²) in [4.78, 5) is 82.0. The van der Waals surface area contributed by atoms with Crippen LogP contribution in [-0.4, -0.2) is 95.4 Å². The average molecular weight is 620 g/mol. The molecule has 5 rings (SSSR count). The van der Waals surface area contributed by atoms with Crippen LogP contribution in [0.1, 0.15) is 58.0 Å². The SMILES string of the molecule is C[C@H](NC(=O)c1ccc2c(c1)B(O)OC2)[C@H](NC(=O)c1ccc2c(c1)B(O)OC2)C(=O)N(C)CCC(=O)ON1C(=O)CCC1=O. The predicted octanol–water partition coefficient (Wildman–Crippen LogP) is -2.51. The van der Waals surface area contributed by atoms with Gasteiger partial charge in [-0.05, 0) is 53.2 Å². The van der Waals surface area contributed by atoms with Gasteiger partial charge in [0.15, 0.2) is 0 Å². The molecule has 1 fully saturated rings. The van der Waals surface area contributed by atoms with Crippen LogP contribution in [0.2, 0.25) is 0 Å². The topological polar surface area (TPSA) is 201 Å². The second-order valence-corrected chi connectivity index (χ2v) is 10.9. The Kier molecular flexibility index (Phi) is 9.34. The highest BCUT2D eigenvalue weighted by Gasteiger charge is 2.35. The predicted molar refractivity (Wildman–Crippen MR) is 155 cm³/mol. The third-order valence-electron chi connectivity index (χ3n) is 7.78. The minimum atomic E-state index is -1.33. The maximum Gasteiger partial charge on any atom is 0.491 e. The Morgan fingerprint density at radius 1 is 0.911 bits per heavy atom. The van der Waals surface area contributed by atoms with E-state index >= 15 is 0 Å².